The number of aromatic amines is 1. The maximum Gasteiger partial charge on any atom is 0.354 e. The van der Waals surface area contributed by atoms with E-state index >= 15 is 0 Å². The van der Waals surface area contributed by atoms with Gasteiger partial charge in [0.2, 0.25) is 0 Å². The lowest BCUT2D eigenvalue weighted by Crippen LogP contribution is -2.45. The molecule has 9 N–H and O–H groups in total. The molecule has 3 aromatic rings. The highest BCUT2D eigenvalue weighted by atomic mass is 16.1. The van der Waals surface area contributed by atoms with Gasteiger partial charge in [0, 0.05) is 41.8 Å². The molecule has 3 heterocycles. The number of nitrogens with two attached hydrogens (primary N) is 3. The quantitative estimate of drug-likeness (QED) is 0.161. The van der Waals surface area contributed by atoms with Crippen molar-refractivity contribution in [3.63, 3.8) is 0 Å². The van der Waals surface area contributed by atoms with Crippen LogP contribution in [0.15, 0.2) is 41.3 Å². The standard InChI is InChI=1S/C26H41N9O/c1-17(27)8-12-34-13-9-20(15-34)23-14-21-16-35(26(36)33-24(21)32-23)22-6-4-19(5-7-22)18(2)30-10-3-11-31-25(28)29/h4-7,14,16-18,20,25,30-31H,3,8-13,15,27-29H2,1-2H3,(H,32,33,36)/t17-,18-,20+/m0/s1. The van der Waals surface area contributed by atoms with E-state index in [1.807, 2.05) is 18.3 Å². The van der Waals surface area contributed by atoms with E-state index in [-0.39, 0.29) is 17.8 Å². The number of nitrogens with one attached hydrogen (secondary N) is 3. The van der Waals surface area contributed by atoms with Gasteiger partial charge in [-0.1, -0.05) is 12.1 Å². The number of fused-ring (bicyclic) bond motifs is 1. The van der Waals surface area contributed by atoms with Crippen LogP contribution in [0.4, 0.5) is 0 Å². The van der Waals surface area contributed by atoms with Crippen molar-refractivity contribution in [2.24, 2.45) is 17.2 Å². The van der Waals surface area contributed by atoms with Gasteiger partial charge in [-0.25, -0.2) is 4.79 Å². The first-order valence-electron chi connectivity index (χ1n) is 13.0. The minimum Gasteiger partial charge on any atom is -0.343 e. The zero-order valence-electron chi connectivity index (χ0n) is 21.4. The smallest absolute Gasteiger partial charge is 0.343 e. The monoisotopic (exact) mass is 495 g/mol. The zero-order valence-corrected chi connectivity index (χ0v) is 21.4. The molecule has 0 amide bonds. The molecule has 0 spiro atoms. The van der Waals surface area contributed by atoms with Gasteiger partial charge >= 0.3 is 5.69 Å². The Labute approximate surface area is 212 Å². The van der Waals surface area contributed by atoms with Crippen LogP contribution in [0, 0.1) is 0 Å². The maximum absolute atomic E-state index is 12.8. The lowest BCUT2D eigenvalue weighted by molar-refractivity contribution is 0.320. The van der Waals surface area contributed by atoms with Gasteiger partial charge in [-0.15, -0.1) is 0 Å². The highest BCUT2D eigenvalue weighted by Crippen LogP contribution is 2.28. The summed E-state index contributed by atoms with van der Waals surface area (Å²) in [6.45, 7) is 8.91. The van der Waals surface area contributed by atoms with Crippen LogP contribution < -0.4 is 33.5 Å². The molecule has 1 aliphatic rings. The molecule has 0 radical (unpaired) electrons. The molecule has 0 aliphatic carbocycles. The predicted octanol–water partition coefficient (Wildman–Crippen LogP) is 1.07. The minimum atomic E-state index is -0.478. The molecule has 4 rings (SSSR count). The second-order valence-corrected chi connectivity index (χ2v) is 10.1. The topological polar surface area (TPSA) is 156 Å². The van der Waals surface area contributed by atoms with Gasteiger partial charge in [0.15, 0.2) is 0 Å². The largest absolute Gasteiger partial charge is 0.354 e. The summed E-state index contributed by atoms with van der Waals surface area (Å²) in [5, 5.41) is 7.44. The van der Waals surface area contributed by atoms with E-state index in [4.69, 9.17) is 17.2 Å². The summed E-state index contributed by atoms with van der Waals surface area (Å²) in [4.78, 5) is 23.0. The van der Waals surface area contributed by atoms with E-state index in [2.05, 4.69) is 57.5 Å². The van der Waals surface area contributed by atoms with Crippen LogP contribution >= 0.6 is 0 Å². The number of hydrogen-bond acceptors (Lipinski definition) is 8. The van der Waals surface area contributed by atoms with Crippen molar-refractivity contribution in [3.8, 4) is 5.69 Å². The third kappa shape index (κ3) is 6.78. The third-order valence-electron chi connectivity index (χ3n) is 7.00. The fourth-order valence-electron chi connectivity index (χ4n) is 4.81. The number of aromatic nitrogens is 3. The average molecular weight is 496 g/mol. The molecule has 10 heteroatoms. The molecule has 3 atom stereocenters. The van der Waals surface area contributed by atoms with Gasteiger partial charge in [-0.05, 0) is 83.1 Å². The summed E-state index contributed by atoms with van der Waals surface area (Å²) in [5.41, 5.74) is 20.4. The molecule has 0 bridgehead atoms. The van der Waals surface area contributed by atoms with E-state index in [9.17, 15) is 4.79 Å². The zero-order chi connectivity index (χ0) is 25.7. The van der Waals surface area contributed by atoms with Crippen LogP contribution in [0.2, 0.25) is 0 Å². The van der Waals surface area contributed by atoms with Crippen LogP contribution in [0.25, 0.3) is 16.7 Å². The van der Waals surface area contributed by atoms with Gasteiger partial charge in [0.05, 0.1) is 5.69 Å². The van der Waals surface area contributed by atoms with Crippen molar-refractivity contribution in [1.29, 1.82) is 0 Å². The Balaban J connectivity index is 1.40. The van der Waals surface area contributed by atoms with Crippen molar-refractivity contribution in [3.05, 3.63) is 58.3 Å². The first-order valence-corrected chi connectivity index (χ1v) is 13.0. The number of H-pyrrole nitrogens is 1. The number of rotatable bonds is 12. The van der Waals surface area contributed by atoms with E-state index < -0.39 is 6.29 Å². The van der Waals surface area contributed by atoms with E-state index in [1.165, 1.54) is 0 Å². The van der Waals surface area contributed by atoms with Crippen LogP contribution in [0.3, 0.4) is 0 Å². The Morgan fingerprint density at radius 3 is 2.61 bits per heavy atom. The van der Waals surface area contributed by atoms with E-state index in [1.54, 1.807) is 4.57 Å². The van der Waals surface area contributed by atoms with Crippen LogP contribution in [0.1, 0.15) is 56.3 Å². The first kappa shape index (κ1) is 26.5. The summed E-state index contributed by atoms with van der Waals surface area (Å²) >= 11 is 0. The second kappa shape index (κ2) is 12.1. The summed E-state index contributed by atoms with van der Waals surface area (Å²) in [7, 11) is 0. The molecule has 10 nitrogen and oxygen atoms in total. The summed E-state index contributed by atoms with van der Waals surface area (Å²) in [5.74, 6) is 0.423. The van der Waals surface area contributed by atoms with Crippen molar-refractivity contribution in [1.82, 2.24) is 30.1 Å². The van der Waals surface area contributed by atoms with Crippen molar-refractivity contribution in [2.75, 3.05) is 32.7 Å². The normalized spacial score (nSPS) is 18.3. The van der Waals surface area contributed by atoms with Crippen molar-refractivity contribution in [2.45, 2.75) is 57.4 Å². The average Bonchev–Trinajstić information content (AvgIpc) is 3.48. The van der Waals surface area contributed by atoms with Gasteiger partial charge < -0.3 is 32.4 Å². The molecule has 2 aromatic heterocycles. The molecule has 0 saturated carbocycles. The van der Waals surface area contributed by atoms with E-state index in [0.29, 0.717) is 11.6 Å². The second-order valence-electron chi connectivity index (χ2n) is 10.1. The number of benzene rings is 1. The Bertz CT molecular complexity index is 1170. The van der Waals surface area contributed by atoms with Gasteiger partial charge in [0.25, 0.3) is 0 Å². The summed E-state index contributed by atoms with van der Waals surface area (Å²) in [6, 6.07) is 10.6. The fraction of sp³-hybridized carbons (Fsp3) is 0.538. The van der Waals surface area contributed by atoms with Gasteiger partial charge in [-0.2, -0.15) is 4.98 Å². The molecule has 1 aromatic carbocycles. The fourth-order valence-corrected chi connectivity index (χ4v) is 4.81. The molecule has 0 unspecified atom stereocenters. The Hall–Kier alpha value is -2.60. The number of likely N-dealkylation sites (tertiary alicyclic amines) is 1. The molecule has 1 aliphatic heterocycles. The highest BCUT2D eigenvalue weighted by molar-refractivity contribution is 5.76. The summed E-state index contributed by atoms with van der Waals surface area (Å²) in [6.07, 6.45) is 4.45. The van der Waals surface area contributed by atoms with Crippen LogP contribution in [0.5, 0.6) is 0 Å². The molecule has 1 fully saturated rings. The van der Waals surface area contributed by atoms with Crippen LogP contribution in [-0.4, -0.2) is 64.5 Å². The van der Waals surface area contributed by atoms with Crippen LogP contribution in [-0.2, 0) is 0 Å². The van der Waals surface area contributed by atoms with Crippen molar-refractivity contribution >= 4 is 11.0 Å². The van der Waals surface area contributed by atoms with Crippen molar-refractivity contribution < 1.29 is 0 Å². The molecule has 1 saturated heterocycles. The lowest BCUT2D eigenvalue weighted by atomic mass is 10.1. The van der Waals surface area contributed by atoms with Gasteiger partial charge in [-0.3, -0.25) is 9.88 Å². The predicted molar refractivity (Wildman–Crippen MR) is 145 cm³/mol. The summed E-state index contributed by atoms with van der Waals surface area (Å²) < 4.78 is 1.62. The Kier molecular flexibility index (Phi) is 8.89. The molecule has 196 valence electrons. The van der Waals surface area contributed by atoms with E-state index in [0.717, 1.165) is 74.3 Å². The third-order valence-corrected chi connectivity index (χ3v) is 7.00. The maximum atomic E-state index is 12.8. The molecule has 36 heavy (non-hydrogen) atoms. The number of nitrogens with zero attached hydrogens (tertiary/aromatic N) is 3. The Morgan fingerprint density at radius 1 is 1.14 bits per heavy atom. The first-order chi connectivity index (χ1) is 17.3. The minimum absolute atomic E-state index is 0.189. The Morgan fingerprint density at radius 2 is 1.89 bits per heavy atom. The molecular weight excluding hydrogens is 454 g/mol. The van der Waals surface area contributed by atoms with Gasteiger partial charge in [0.1, 0.15) is 11.9 Å². The lowest BCUT2D eigenvalue weighted by Gasteiger charge is -2.16. The highest BCUT2D eigenvalue weighted by Gasteiger charge is 2.25. The molecular formula is C26H41N9O. The number of hydrogen-bond donors (Lipinski definition) is 6. The SMILES string of the molecule is C[C@H](N)CCN1CC[C@@H](c2cc3cn(-c4ccc([C@H](C)NCCCNC(N)N)cc4)c(=O)nc3[nH]2)C1.